The number of rotatable bonds is 3. The van der Waals surface area contributed by atoms with Crippen molar-refractivity contribution >= 4 is 21.8 Å². The molecule has 2 atom stereocenters. The minimum absolute atomic E-state index is 0.0418. The van der Waals surface area contributed by atoms with Crippen LogP contribution in [0.5, 0.6) is 0 Å². The third kappa shape index (κ3) is 3.46. The van der Waals surface area contributed by atoms with Crippen molar-refractivity contribution in [3.8, 4) is 0 Å². The van der Waals surface area contributed by atoms with Gasteiger partial charge in [0, 0.05) is 19.6 Å². The number of likely N-dealkylation sites (N-methyl/N-ethyl adjacent to an activating group) is 1. The van der Waals surface area contributed by atoms with Crippen molar-refractivity contribution in [1.29, 1.82) is 0 Å². The van der Waals surface area contributed by atoms with Crippen molar-refractivity contribution in [3.63, 3.8) is 0 Å². The van der Waals surface area contributed by atoms with E-state index in [9.17, 15) is 23.1 Å². The Labute approximate surface area is 123 Å². The van der Waals surface area contributed by atoms with Crippen LogP contribution in [0.1, 0.15) is 6.92 Å². The van der Waals surface area contributed by atoms with Gasteiger partial charge >= 0.3 is 12.0 Å². The highest BCUT2D eigenvalue weighted by Gasteiger charge is 2.41. The zero-order valence-corrected chi connectivity index (χ0v) is 12.7. The molecule has 0 spiro atoms. The predicted molar refractivity (Wildman–Crippen MR) is 73.7 cm³/mol. The number of hydrogen-bond acceptors (Lipinski definition) is 5. The van der Waals surface area contributed by atoms with Crippen LogP contribution >= 0.6 is 0 Å². The fraction of sp³-hybridized carbons (Fsp3) is 0.833. The molecule has 0 saturated carbocycles. The maximum atomic E-state index is 12.5. The summed E-state index contributed by atoms with van der Waals surface area (Å²) in [6, 6.07) is -0.812. The van der Waals surface area contributed by atoms with E-state index in [0.29, 0.717) is 6.54 Å². The fourth-order valence-electron chi connectivity index (χ4n) is 2.68. The fourth-order valence-corrected chi connectivity index (χ4v) is 3.88. The summed E-state index contributed by atoms with van der Waals surface area (Å²) in [5, 5.41) is 9.18. The number of urea groups is 1. The van der Waals surface area contributed by atoms with Crippen LogP contribution in [0.15, 0.2) is 0 Å². The number of amides is 2. The van der Waals surface area contributed by atoms with E-state index in [1.54, 1.807) is 6.92 Å². The summed E-state index contributed by atoms with van der Waals surface area (Å²) >= 11 is 0. The lowest BCUT2D eigenvalue weighted by Gasteiger charge is -2.36. The predicted octanol–water partition coefficient (Wildman–Crippen LogP) is -0.742. The molecule has 1 N–H and O–H groups in total. The van der Waals surface area contributed by atoms with E-state index in [4.69, 9.17) is 4.74 Å². The molecule has 120 valence electrons. The van der Waals surface area contributed by atoms with E-state index < -0.39 is 27.8 Å². The van der Waals surface area contributed by atoms with Crippen LogP contribution < -0.4 is 0 Å². The molecule has 2 unspecified atom stereocenters. The monoisotopic (exact) mass is 320 g/mol. The van der Waals surface area contributed by atoms with Crippen LogP contribution in [-0.2, 0) is 19.4 Å². The maximum Gasteiger partial charge on any atom is 0.320 e. The first kappa shape index (κ1) is 16.0. The van der Waals surface area contributed by atoms with Gasteiger partial charge in [-0.1, -0.05) is 0 Å². The summed E-state index contributed by atoms with van der Waals surface area (Å²) in [7, 11) is -3.06. The SMILES string of the molecule is CCN(C(=O)N1CCS(=O)(=O)CC1)C1COCC1C(=O)O. The Balaban J connectivity index is 2.07. The lowest BCUT2D eigenvalue weighted by atomic mass is 10.0. The Hall–Kier alpha value is -1.35. The Morgan fingerprint density at radius 2 is 1.90 bits per heavy atom. The van der Waals surface area contributed by atoms with Gasteiger partial charge < -0.3 is 19.6 Å². The standard InChI is InChI=1S/C12H20N2O6S/c1-2-14(10-8-20-7-9(10)11(15)16)12(17)13-3-5-21(18,19)6-4-13/h9-10H,2-8H2,1H3,(H,15,16). The maximum absolute atomic E-state index is 12.5. The highest BCUT2D eigenvalue weighted by molar-refractivity contribution is 7.91. The molecule has 0 bridgehead atoms. The average Bonchev–Trinajstić information content (AvgIpc) is 2.88. The largest absolute Gasteiger partial charge is 0.481 e. The molecule has 2 rings (SSSR count). The van der Waals surface area contributed by atoms with E-state index in [1.807, 2.05) is 0 Å². The first-order chi connectivity index (χ1) is 9.85. The topological polar surface area (TPSA) is 104 Å². The second kappa shape index (κ2) is 6.18. The van der Waals surface area contributed by atoms with Crippen LogP contribution in [0.25, 0.3) is 0 Å². The number of aliphatic carboxylic acids is 1. The van der Waals surface area contributed by atoms with Gasteiger partial charge in [-0.05, 0) is 6.92 Å². The molecule has 8 nitrogen and oxygen atoms in total. The molecule has 0 aliphatic carbocycles. The smallest absolute Gasteiger partial charge is 0.320 e. The van der Waals surface area contributed by atoms with Gasteiger partial charge in [-0.25, -0.2) is 13.2 Å². The number of carbonyl (C=O) groups is 2. The number of ether oxygens (including phenoxy) is 1. The summed E-state index contributed by atoms with van der Waals surface area (Å²) in [4.78, 5) is 26.7. The van der Waals surface area contributed by atoms with E-state index >= 15 is 0 Å². The van der Waals surface area contributed by atoms with Gasteiger partial charge in [-0.2, -0.15) is 0 Å². The molecule has 2 amide bonds. The Bertz CT molecular complexity index is 506. The van der Waals surface area contributed by atoms with E-state index in [1.165, 1.54) is 9.80 Å². The third-order valence-corrected chi connectivity index (χ3v) is 5.58. The molecular formula is C12H20N2O6S. The Kier molecular flexibility index (Phi) is 4.72. The molecule has 0 aromatic heterocycles. The van der Waals surface area contributed by atoms with Crippen molar-refractivity contribution in [2.24, 2.45) is 5.92 Å². The molecule has 21 heavy (non-hydrogen) atoms. The van der Waals surface area contributed by atoms with Gasteiger partial charge in [0.2, 0.25) is 0 Å². The average molecular weight is 320 g/mol. The highest BCUT2D eigenvalue weighted by Crippen LogP contribution is 2.22. The zero-order valence-electron chi connectivity index (χ0n) is 11.9. The quantitative estimate of drug-likeness (QED) is 0.734. The van der Waals surface area contributed by atoms with E-state index in [2.05, 4.69) is 0 Å². The van der Waals surface area contributed by atoms with Crippen molar-refractivity contribution in [2.45, 2.75) is 13.0 Å². The van der Waals surface area contributed by atoms with Crippen molar-refractivity contribution in [2.75, 3.05) is 44.4 Å². The zero-order chi connectivity index (χ0) is 15.6. The lowest BCUT2D eigenvalue weighted by Crippen LogP contribution is -2.55. The van der Waals surface area contributed by atoms with Gasteiger partial charge in [0.05, 0.1) is 30.8 Å². The van der Waals surface area contributed by atoms with Crippen molar-refractivity contribution in [1.82, 2.24) is 9.80 Å². The Morgan fingerprint density at radius 1 is 1.29 bits per heavy atom. The van der Waals surface area contributed by atoms with Crippen molar-refractivity contribution in [3.05, 3.63) is 0 Å². The molecule has 2 fully saturated rings. The summed E-state index contributed by atoms with van der Waals surface area (Å²) in [6.45, 7) is 2.74. The lowest BCUT2D eigenvalue weighted by molar-refractivity contribution is -0.142. The number of carboxylic acids is 1. The van der Waals surface area contributed by atoms with Gasteiger partial charge in [0.15, 0.2) is 9.84 Å². The molecule has 9 heteroatoms. The molecule has 0 radical (unpaired) electrons. The van der Waals surface area contributed by atoms with Gasteiger partial charge in [-0.3, -0.25) is 4.79 Å². The number of hydrogen-bond donors (Lipinski definition) is 1. The molecule has 2 heterocycles. The Morgan fingerprint density at radius 3 is 2.43 bits per heavy atom. The van der Waals surface area contributed by atoms with Gasteiger partial charge in [0.1, 0.15) is 5.92 Å². The molecular weight excluding hydrogens is 300 g/mol. The highest BCUT2D eigenvalue weighted by atomic mass is 32.2. The third-order valence-electron chi connectivity index (χ3n) is 3.97. The molecule has 2 aliphatic rings. The van der Waals surface area contributed by atoms with E-state index in [-0.39, 0.29) is 43.8 Å². The second-order valence-corrected chi connectivity index (χ2v) is 7.56. The van der Waals surface area contributed by atoms with Crippen LogP contribution in [-0.4, -0.2) is 85.7 Å². The van der Waals surface area contributed by atoms with Crippen LogP contribution in [0.2, 0.25) is 0 Å². The van der Waals surface area contributed by atoms with Crippen LogP contribution in [0.4, 0.5) is 4.79 Å². The first-order valence-corrected chi connectivity index (χ1v) is 8.74. The number of carboxylic acid groups (broad SMARTS) is 1. The minimum Gasteiger partial charge on any atom is -0.481 e. The summed E-state index contributed by atoms with van der Waals surface area (Å²) < 4.78 is 28.0. The van der Waals surface area contributed by atoms with Crippen molar-refractivity contribution < 1.29 is 27.9 Å². The summed E-state index contributed by atoms with van der Waals surface area (Å²) in [6.07, 6.45) is 0. The van der Waals surface area contributed by atoms with E-state index in [0.717, 1.165) is 0 Å². The van der Waals surface area contributed by atoms with Gasteiger partial charge in [0.25, 0.3) is 0 Å². The first-order valence-electron chi connectivity index (χ1n) is 6.92. The summed E-state index contributed by atoms with van der Waals surface area (Å²) in [5.74, 6) is -1.80. The summed E-state index contributed by atoms with van der Waals surface area (Å²) in [5.41, 5.74) is 0. The molecule has 2 saturated heterocycles. The number of carbonyl (C=O) groups excluding carboxylic acids is 1. The normalized spacial score (nSPS) is 28.3. The molecule has 0 aromatic carbocycles. The number of sulfone groups is 1. The second-order valence-electron chi connectivity index (χ2n) is 5.26. The van der Waals surface area contributed by atoms with Gasteiger partial charge in [-0.15, -0.1) is 0 Å². The number of nitrogens with zero attached hydrogens (tertiary/aromatic N) is 2. The van der Waals surface area contributed by atoms with Crippen LogP contribution in [0, 0.1) is 5.92 Å². The molecule has 2 aliphatic heterocycles. The minimum atomic E-state index is -3.06. The van der Waals surface area contributed by atoms with Crippen LogP contribution in [0.3, 0.4) is 0 Å². The molecule has 0 aromatic rings.